The second-order valence-electron chi connectivity index (χ2n) is 9.40. The first-order chi connectivity index (χ1) is 21.0. The fraction of sp³-hybridized carbons (Fsp3) is 0.226. The zero-order valence-electron chi connectivity index (χ0n) is 23.3. The van der Waals surface area contributed by atoms with Gasteiger partial charge in [0, 0.05) is 24.3 Å². The van der Waals surface area contributed by atoms with E-state index in [0.29, 0.717) is 36.0 Å². The first-order valence-corrected chi connectivity index (χ1v) is 13.7. The smallest absolute Gasteiger partial charge is 0.269 e. The van der Waals surface area contributed by atoms with Gasteiger partial charge in [0.2, 0.25) is 0 Å². The van der Waals surface area contributed by atoms with Crippen LogP contribution >= 0.6 is 0 Å². The molecule has 0 fully saturated rings. The highest BCUT2D eigenvalue weighted by Gasteiger charge is 2.04. The van der Waals surface area contributed by atoms with Gasteiger partial charge in [0.15, 0.2) is 0 Å². The Labute approximate surface area is 248 Å². The number of nitrogens with zero attached hydrogens (tertiary/aromatic N) is 6. The average Bonchev–Trinajstić information content (AvgIpc) is 3.03. The van der Waals surface area contributed by atoms with Gasteiger partial charge in [0.05, 0.1) is 45.8 Å². The van der Waals surface area contributed by atoms with Crippen LogP contribution in [0.25, 0.3) is 0 Å². The molecular formula is C31H30N6O6. The highest BCUT2D eigenvalue weighted by atomic mass is 16.6. The number of benzene rings is 4. The van der Waals surface area contributed by atoms with Gasteiger partial charge >= 0.3 is 0 Å². The topological polar surface area (TPSA) is 154 Å². The van der Waals surface area contributed by atoms with Crippen molar-refractivity contribution >= 4 is 34.1 Å². The number of azo groups is 2. The van der Waals surface area contributed by atoms with Crippen molar-refractivity contribution < 1.29 is 19.3 Å². The predicted molar refractivity (Wildman–Crippen MR) is 162 cm³/mol. The van der Waals surface area contributed by atoms with Gasteiger partial charge in [-0.3, -0.25) is 20.2 Å². The summed E-state index contributed by atoms with van der Waals surface area (Å²) in [4.78, 5) is 20.5. The molecule has 0 N–H and O–H groups in total. The molecule has 12 nitrogen and oxygen atoms in total. The van der Waals surface area contributed by atoms with E-state index < -0.39 is 9.85 Å². The minimum absolute atomic E-state index is 0.0131. The molecule has 12 heteroatoms. The summed E-state index contributed by atoms with van der Waals surface area (Å²) >= 11 is 0. The molecule has 0 saturated heterocycles. The number of nitro groups is 2. The fourth-order valence-corrected chi connectivity index (χ4v) is 3.85. The molecule has 0 radical (unpaired) electrons. The Morgan fingerprint density at radius 1 is 0.442 bits per heavy atom. The molecule has 220 valence electrons. The van der Waals surface area contributed by atoms with Crippen LogP contribution in [0.3, 0.4) is 0 Å². The molecule has 0 aliphatic heterocycles. The fourth-order valence-electron chi connectivity index (χ4n) is 3.85. The average molecular weight is 583 g/mol. The summed E-state index contributed by atoms with van der Waals surface area (Å²) in [6, 6.07) is 26.4. The van der Waals surface area contributed by atoms with E-state index in [4.69, 9.17) is 9.47 Å². The molecule has 4 aromatic rings. The number of nitro benzene ring substituents is 2. The van der Waals surface area contributed by atoms with E-state index in [1.807, 2.05) is 48.5 Å². The lowest BCUT2D eigenvalue weighted by Crippen LogP contribution is -1.99. The molecule has 0 unspecified atom stereocenters. The summed E-state index contributed by atoms with van der Waals surface area (Å²) < 4.78 is 11.6. The lowest BCUT2D eigenvalue weighted by atomic mass is 10.1. The van der Waals surface area contributed by atoms with Gasteiger partial charge in [-0.05, 0) is 85.6 Å². The molecule has 43 heavy (non-hydrogen) atoms. The summed E-state index contributed by atoms with van der Waals surface area (Å²) in [6.07, 6.45) is 5.14. The van der Waals surface area contributed by atoms with E-state index in [1.165, 1.54) is 24.3 Å². The molecule has 0 bridgehead atoms. The standard InChI is InChI=1S/C31H30N6O6/c38-36(39)28-14-6-24(7-15-28)32-34-26-10-18-30(19-11-26)42-22-4-2-1-3-5-23-43-31-20-12-27(13-21-31)35-33-25-8-16-29(17-9-25)37(40)41/h6-21H,1-5,22-23H2. The highest BCUT2D eigenvalue weighted by Crippen LogP contribution is 2.25. The van der Waals surface area contributed by atoms with E-state index in [0.717, 1.165) is 43.6 Å². The van der Waals surface area contributed by atoms with Crippen molar-refractivity contribution in [1.29, 1.82) is 0 Å². The Morgan fingerprint density at radius 2 is 0.721 bits per heavy atom. The van der Waals surface area contributed by atoms with Gasteiger partial charge < -0.3 is 9.47 Å². The van der Waals surface area contributed by atoms with Gasteiger partial charge in [0.25, 0.3) is 11.4 Å². The Morgan fingerprint density at radius 3 is 1.02 bits per heavy atom. The Hall–Kier alpha value is -5.52. The minimum Gasteiger partial charge on any atom is -0.494 e. The maximum atomic E-state index is 10.7. The second kappa shape index (κ2) is 16.1. The van der Waals surface area contributed by atoms with Crippen molar-refractivity contribution in [3.63, 3.8) is 0 Å². The van der Waals surface area contributed by atoms with Crippen LogP contribution in [-0.4, -0.2) is 23.1 Å². The third kappa shape index (κ3) is 10.4. The third-order valence-corrected chi connectivity index (χ3v) is 6.18. The van der Waals surface area contributed by atoms with Crippen molar-refractivity contribution in [2.24, 2.45) is 20.5 Å². The van der Waals surface area contributed by atoms with E-state index >= 15 is 0 Å². The SMILES string of the molecule is O=[N+]([O-])c1ccc(N=Nc2ccc(OCCCCCCCOc3ccc(N=Nc4ccc([N+](=O)[O-])cc4)cc3)cc2)cc1. The van der Waals surface area contributed by atoms with Gasteiger partial charge in [-0.25, -0.2) is 0 Å². The summed E-state index contributed by atoms with van der Waals surface area (Å²) in [7, 11) is 0. The van der Waals surface area contributed by atoms with Crippen molar-refractivity contribution in [3.8, 4) is 11.5 Å². The van der Waals surface area contributed by atoms with E-state index in [9.17, 15) is 20.2 Å². The molecule has 0 aromatic heterocycles. The molecule has 0 amide bonds. The summed E-state index contributed by atoms with van der Waals surface area (Å²) in [5.41, 5.74) is 2.42. The maximum Gasteiger partial charge on any atom is 0.269 e. The number of hydrogen-bond donors (Lipinski definition) is 0. The summed E-state index contributed by atoms with van der Waals surface area (Å²) in [6.45, 7) is 1.27. The zero-order chi connectivity index (χ0) is 30.3. The van der Waals surface area contributed by atoms with Crippen LogP contribution in [0, 0.1) is 20.2 Å². The molecule has 0 spiro atoms. The third-order valence-electron chi connectivity index (χ3n) is 6.18. The lowest BCUT2D eigenvalue weighted by Gasteiger charge is -2.07. The summed E-state index contributed by atoms with van der Waals surface area (Å²) in [5.74, 6) is 1.53. The molecule has 4 aromatic carbocycles. The molecule has 0 saturated carbocycles. The molecule has 0 aliphatic carbocycles. The molecule has 4 rings (SSSR count). The predicted octanol–water partition coefficient (Wildman–Crippen LogP) is 9.74. The Kier molecular flexibility index (Phi) is 11.4. The Bertz CT molecular complexity index is 1410. The normalized spacial score (nSPS) is 11.2. The molecule has 0 atom stereocenters. The van der Waals surface area contributed by atoms with Crippen molar-refractivity contribution in [3.05, 3.63) is 117 Å². The number of unbranched alkanes of at least 4 members (excludes halogenated alkanes) is 4. The lowest BCUT2D eigenvalue weighted by molar-refractivity contribution is -0.385. The van der Waals surface area contributed by atoms with E-state index in [2.05, 4.69) is 20.5 Å². The highest BCUT2D eigenvalue weighted by molar-refractivity contribution is 5.47. The van der Waals surface area contributed by atoms with Crippen LogP contribution in [0.15, 0.2) is 118 Å². The first kappa shape index (κ1) is 30.4. The summed E-state index contributed by atoms with van der Waals surface area (Å²) in [5, 5.41) is 37.9. The van der Waals surface area contributed by atoms with Crippen molar-refractivity contribution in [2.45, 2.75) is 32.1 Å². The van der Waals surface area contributed by atoms with Crippen molar-refractivity contribution in [2.75, 3.05) is 13.2 Å². The zero-order valence-corrected chi connectivity index (χ0v) is 23.3. The van der Waals surface area contributed by atoms with Crippen molar-refractivity contribution in [1.82, 2.24) is 0 Å². The van der Waals surface area contributed by atoms with Crippen LogP contribution in [0.4, 0.5) is 34.1 Å². The number of hydrogen-bond acceptors (Lipinski definition) is 10. The van der Waals surface area contributed by atoms with Gasteiger partial charge in [-0.2, -0.15) is 20.5 Å². The Balaban J connectivity index is 1.04. The molecular weight excluding hydrogens is 552 g/mol. The van der Waals surface area contributed by atoms with Crippen LogP contribution in [0.1, 0.15) is 32.1 Å². The van der Waals surface area contributed by atoms with Crippen LogP contribution in [0.2, 0.25) is 0 Å². The molecule has 0 heterocycles. The van der Waals surface area contributed by atoms with Crippen LogP contribution in [0.5, 0.6) is 11.5 Å². The molecule has 0 aliphatic rings. The van der Waals surface area contributed by atoms with Gasteiger partial charge in [-0.1, -0.05) is 19.3 Å². The van der Waals surface area contributed by atoms with Gasteiger partial charge in [-0.15, -0.1) is 0 Å². The van der Waals surface area contributed by atoms with E-state index in [1.54, 1.807) is 24.3 Å². The maximum absolute atomic E-state index is 10.7. The number of non-ortho nitro benzene ring substituents is 2. The van der Waals surface area contributed by atoms with Gasteiger partial charge in [0.1, 0.15) is 11.5 Å². The van der Waals surface area contributed by atoms with E-state index in [-0.39, 0.29) is 11.4 Å². The quantitative estimate of drug-likeness (QED) is 0.0554. The minimum atomic E-state index is -0.454. The van der Waals surface area contributed by atoms with Crippen LogP contribution < -0.4 is 9.47 Å². The first-order valence-electron chi connectivity index (χ1n) is 13.7. The number of ether oxygens (including phenoxy) is 2. The largest absolute Gasteiger partial charge is 0.494 e. The number of rotatable bonds is 16. The van der Waals surface area contributed by atoms with Crippen LogP contribution in [-0.2, 0) is 0 Å². The monoisotopic (exact) mass is 582 g/mol. The second-order valence-corrected chi connectivity index (χ2v) is 9.40.